The molecule has 110 valence electrons. The number of nitrogens with zero attached hydrogens (tertiary/aromatic N) is 1. The summed E-state index contributed by atoms with van der Waals surface area (Å²) < 4.78 is 12.0. The minimum Gasteiger partial charge on any atom is -0.400 e. The lowest BCUT2D eigenvalue weighted by atomic mass is 9.77. The van der Waals surface area contributed by atoms with E-state index < -0.39 is 7.12 Å². The van der Waals surface area contributed by atoms with Crippen LogP contribution in [0, 0.1) is 6.92 Å². The summed E-state index contributed by atoms with van der Waals surface area (Å²) in [7, 11) is -0.460. The maximum absolute atomic E-state index is 6.00. The number of anilines is 1. The molecular weight excluding hydrogens is 255 g/mol. The molecule has 2 rings (SSSR count). The van der Waals surface area contributed by atoms with Crippen molar-refractivity contribution in [1.29, 1.82) is 0 Å². The van der Waals surface area contributed by atoms with Crippen LogP contribution in [0.3, 0.4) is 0 Å². The Balaban J connectivity index is 2.31. The maximum atomic E-state index is 6.00. The average Bonchev–Trinajstić information content (AvgIpc) is 2.75. The average molecular weight is 278 g/mol. The number of aryl methyl sites for hydroxylation is 1. The molecule has 20 heavy (non-hydrogen) atoms. The van der Waals surface area contributed by atoms with Crippen LogP contribution in [0.1, 0.15) is 39.0 Å². The minimum absolute atomic E-state index is 0.334. The number of nitrogens with two attached hydrogens (primary N) is 2. The fourth-order valence-corrected chi connectivity index (χ4v) is 2.04. The Labute approximate surface area is 120 Å². The fourth-order valence-electron chi connectivity index (χ4n) is 2.04. The van der Waals surface area contributed by atoms with E-state index >= 15 is 0 Å². The van der Waals surface area contributed by atoms with Crippen LogP contribution in [0.5, 0.6) is 0 Å². The Morgan fingerprint density at radius 3 is 2.25 bits per heavy atom. The second kappa shape index (κ2) is 4.91. The zero-order chi connectivity index (χ0) is 15.1. The van der Waals surface area contributed by atoms with Crippen molar-refractivity contribution in [2.24, 2.45) is 5.73 Å². The molecule has 1 saturated heterocycles. The van der Waals surface area contributed by atoms with Crippen LogP contribution in [0.15, 0.2) is 5.47 Å². The van der Waals surface area contributed by atoms with Crippen molar-refractivity contribution in [3.8, 4) is 0 Å². The quantitative estimate of drug-likeness (QED) is 0.723. The van der Waals surface area contributed by atoms with Crippen molar-refractivity contribution in [3.63, 3.8) is 0 Å². The molecule has 6 nitrogen and oxygen atoms in total. The standard InChI is InChI=1S/C13H23BN4O2/c1-8-10(11(16)18-17-8)6-9(7-15)14-19-12(2,3)13(4,5)20-14/h6H,7,15H2,1-5H3,(H3,16,17,18). The highest BCUT2D eigenvalue weighted by Crippen LogP contribution is 2.38. The summed E-state index contributed by atoms with van der Waals surface area (Å²) in [4.78, 5) is 0. The number of nitrogens with one attached hydrogen (secondary N) is 1. The van der Waals surface area contributed by atoms with Crippen molar-refractivity contribution >= 4 is 19.0 Å². The van der Waals surface area contributed by atoms with Crippen molar-refractivity contribution in [3.05, 3.63) is 16.7 Å². The third-order valence-corrected chi connectivity index (χ3v) is 4.15. The Morgan fingerprint density at radius 2 is 1.85 bits per heavy atom. The molecule has 1 aromatic rings. The lowest BCUT2D eigenvalue weighted by Gasteiger charge is -2.32. The number of aromatic nitrogens is 2. The summed E-state index contributed by atoms with van der Waals surface area (Å²) in [6.45, 7) is 10.3. The third kappa shape index (κ3) is 2.48. The monoisotopic (exact) mass is 278 g/mol. The molecule has 0 saturated carbocycles. The van der Waals surface area contributed by atoms with E-state index in [0.29, 0.717) is 12.4 Å². The van der Waals surface area contributed by atoms with Gasteiger partial charge in [0, 0.05) is 17.8 Å². The third-order valence-electron chi connectivity index (χ3n) is 4.15. The van der Waals surface area contributed by atoms with Gasteiger partial charge in [0.05, 0.1) is 11.2 Å². The van der Waals surface area contributed by atoms with E-state index in [4.69, 9.17) is 20.8 Å². The fraction of sp³-hybridized carbons (Fsp3) is 0.615. The number of rotatable bonds is 3. The van der Waals surface area contributed by atoms with Gasteiger partial charge in [-0.3, -0.25) is 5.10 Å². The van der Waals surface area contributed by atoms with Crippen LogP contribution in [0.4, 0.5) is 5.82 Å². The molecule has 2 heterocycles. The normalized spacial score (nSPS) is 21.5. The predicted molar refractivity (Wildman–Crippen MR) is 80.9 cm³/mol. The number of H-pyrrole nitrogens is 1. The summed E-state index contributed by atoms with van der Waals surface area (Å²) in [6.07, 6.45) is 1.90. The Bertz CT molecular complexity index is 501. The van der Waals surface area contributed by atoms with Gasteiger partial charge in [0.1, 0.15) is 0 Å². The van der Waals surface area contributed by atoms with E-state index in [1.54, 1.807) is 0 Å². The molecule has 1 fully saturated rings. The summed E-state index contributed by atoms with van der Waals surface area (Å²) in [6, 6.07) is 0. The molecule has 0 spiro atoms. The molecule has 0 bridgehead atoms. The van der Waals surface area contributed by atoms with Gasteiger partial charge in [0.25, 0.3) is 0 Å². The van der Waals surface area contributed by atoms with Gasteiger partial charge in [-0.15, -0.1) is 0 Å². The summed E-state index contributed by atoms with van der Waals surface area (Å²) in [5.74, 6) is 0.449. The largest absolute Gasteiger partial charge is 0.491 e. The van der Waals surface area contributed by atoms with Gasteiger partial charge < -0.3 is 20.8 Å². The molecule has 1 aliphatic rings. The van der Waals surface area contributed by atoms with Gasteiger partial charge in [-0.2, -0.15) is 5.10 Å². The first-order valence-corrected chi connectivity index (χ1v) is 6.74. The van der Waals surface area contributed by atoms with Crippen LogP contribution in [-0.2, 0) is 9.31 Å². The van der Waals surface area contributed by atoms with E-state index in [1.165, 1.54) is 0 Å². The molecular formula is C13H23BN4O2. The van der Waals surface area contributed by atoms with E-state index in [9.17, 15) is 0 Å². The second-order valence-corrected chi connectivity index (χ2v) is 6.16. The van der Waals surface area contributed by atoms with Crippen LogP contribution in [0.25, 0.3) is 6.08 Å². The molecule has 0 amide bonds. The van der Waals surface area contributed by atoms with Crippen LogP contribution >= 0.6 is 0 Å². The van der Waals surface area contributed by atoms with Crippen LogP contribution in [0.2, 0.25) is 0 Å². The predicted octanol–water partition coefficient (Wildman–Crippen LogP) is 1.27. The number of hydrogen-bond acceptors (Lipinski definition) is 5. The number of nitrogen functional groups attached to an aromatic ring is 1. The van der Waals surface area contributed by atoms with Crippen molar-refractivity contribution in [2.75, 3.05) is 12.3 Å². The summed E-state index contributed by atoms with van der Waals surface area (Å²) >= 11 is 0. The lowest BCUT2D eigenvalue weighted by Crippen LogP contribution is -2.41. The molecule has 0 radical (unpaired) electrons. The zero-order valence-electron chi connectivity index (χ0n) is 12.8. The van der Waals surface area contributed by atoms with Crippen molar-refractivity contribution < 1.29 is 9.31 Å². The molecule has 7 heteroatoms. The molecule has 0 atom stereocenters. The zero-order valence-corrected chi connectivity index (χ0v) is 12.8. The lowest BCUT2D eigenvalue weighted by molar-refractivity contribution is 0.00578. The highest BCUT2D eigenvalue weighted by Gasteiger charge is 2.52. The number of hydrogen-bond donors (Lipinski definition) is 3. The van der Waals surface area contributed by atoms with Crippen molar-refractivity contribution in [2.45, 2.75) is 45.8 Å². The van der Waals surface area contributed by atoms with Crippen molar-refractivity contribution in [1.82, 2.24) is 10.2 Å². The van der Waals surface area contributed by atoms with Gasteiger partial charge in [-0.05, 0) is 40.1 Å². The van der Waals surface area contributed by atoms with Gasteiger partial charge in [-0.25, -0.2) is 0 Å². The molecule has 0 aliphatic carbocycles. The Kier molecular flexibility index (Phi) is 3.70. The minimum atomic E-state index is -0.460. The SMILES string of the molecule is Cc1[nH]nc(N)c1C=C(CN)B1OC(C)(C)C(C)(C)O1. The summed E-state index contributed by atoms with van der Waals surface area (Å²) in [5, 5.41) is 6.82. The first-order valence-electron chi connectivity index (χ1n) is 6.74. The molecule has 0 unspecified atom stereocenters. The molecule has 1 aliphatic heterocycles. The highest BCUT2D eigenvalue weighted by atomic mass is 16.7. The Hall–Kier alpha value is -1.31. The topological polar surface area (TPSA) is 99.2 Å². The highest BCUT2D eigenvalue weighted by molar-refractivity contribution is 6.56. The van der Waals surface area contributed by atoms with Gasteiger partial charge in [-0.1, -0.05) is 6.08 Å². The van der Waals surface area contributed by atoms with E-state index in [2.05, 4.69) is 10.2 Å². The van der Waals surface area contributed by atoms with E-state index in [1.807, 2.05) is 40.7 Å². The van der Waals surface area contributed by atoms with E-state index in [0.717, 1.165) is 16.7 Å². The van der Waals surface area contributed by atoms with Crippen LogP contribution < -0.4 is 11.5 Å². The van der Waals surface area contributed by atoms with Gasteiger partial charge in [0.2, 0.25) is 0 Å². The molecule has 5 N–H and O–H groups in total. The first kappa shape index (κ1) is 15.1. The van der Waals surface area contributed by atoms with E-state index in [-0.39, 0.29) is 11.2 Å². The first-order chi connectivity index (χ1) is 9.18. The molecule has 1 aromatic heterocycles. The smallest absolute Gasteiger partial charge is 0.400 e. The van der Waals surface area contributed by atoms with Gasteiger partial charge >= 0.3 is 7.12 Å². The molecule has 0 aromatic carbocycles. The van der Waals surface area contributed by atoms with Crippen LogP contribution in [-0.4, -0.2) is 35.1 Å². The second-order valence-electron chi connectivity index (χ2n) is 6.16. The number of aromatic amines is 1. The van der Waals surface area contributed by atoms with Gasteiger partial charge in [0.15, 0.2) is 5.82 Å². The maximum Gasteiger partial charge on any atom is 0.491 e. The Morgan fingerprint density at radius 1 is 1.30 bits per heavy atom. The summed E-state index contributed by atoms with van der Waals surface area (Å²) in [5.41, 5.74) is 13.5.